The van der Waals surface area contributed by atoms with E-state index in [1.54, 1.807) is 12.1 Å². The molecule has 0 fully saturated rings. The number of rotatable bonds is 7. The fourth-order valence-electron chi connectivity index (χ4n) is 4.11. The van der Waals surface area contributed by atoms with E-state index in [2.05, 4.69) is 27.0 Å². The predicted octanol–water partition coefficient (Wildman–Crippen LogP) is 6.97. The maximum atomic E-state index is 12.9. The molecule has 5 aromatic rings. The molecule has 1 amide bonds. The van der Waals surface area contributed by atoms with E-state index in [9.17, 15) is 4.79 Å². The number of hydrogen-bond acceptors (Lipinski definition) is 5. The second kappa shape index (κ2) is 10.8. The third kappa shape index (κ3) is 5.61. The number of benzene rings is 4. The van der Waals surface area contributed by atoms with Gasteiger partial charge in [0.2, 0.25) is 5.95 Å². The summed E-state index contributed by atoms with van der Waals surface area (Å²) in [5.41, 5.74) is 6.86. The van der Waals surface area contributed by atoms with Crippen molar-refractivity contribution in [2.45, 2.75) is 13.5 Å². The lowest BCUT2D eigenvalue weighted by atomic mass is 10.1. The van der Waals surface area contributed by atoms with Crippen LogP contribution < -0.4 is 16.0 Å². The smallest absolute Gasteiger partial charge is 0.255 e. The zero-order valence-electron chi connectivity index (χ0n) is 20.5. The molecule has 0 bridgehead atoms. The van der Waals surface area contributed by atoms with Gasteiger partial charge in [0.1, 0.15) is 0 Å². The Labute approximate surface area is 220 Å². The van der Waals surface area contributed by atoms with Crippen LogP contribution in [0, 0.1) is 6.92 Å². The Morgan fingerprint density at radius 2 is 1.65 bits per heavy atom. The number of carbonyl (C=O) groups is 1. The Kier molecular flexibility index (Phi) is 7.12. The molecule has 0 atom stereocenters. The lowest BCUT2D eigenvalue weighted by molar-refractivity contribution is 0.102. The van der Waals surface area contributed by atoms with Crippen LogP contribution in [-0.2, 0) is 6.54 Å². The van der Waals surface area contributed by atoms with Gasteiger partial charge in [-0.05, 0) is 73.6 Å². The van der Waals surface area contributed by atoms with Crippen molar-refractivity contribution in [3.05, 3.63) is 113 Å². The Balaban J connectivity index is 1.37. The van der Waals surface area contributed by atoms with Crippen molar-refractivity contribution >= 4 is 45.7 Å². The standard InChI is InChI=1S/C30H26ClN5O/c1-19-7-8-20(18-32-2)17-27(19)34-29(37)22-11-15-24(16-12-22)33-30-35-26-6-4-3-5-25(26)28(36-30)21-9-13-23(31)14-10-21/h3-17,32H,18H2,1-2H3,(H,34,37)(H,33,35,36). The van der Waals surface area contributed by atoms with Crippen LogP contribution in [0.3, 0.4) is 0 Å². The highest BCUT2D eigenvalue weighted by Crippen LogP contribution is 2.29. The zero-order valence-corrected chi connectivity index (χ0v) is 21.3. The van der Waals surface area contributed by atoms with Gasteiger partial charge >= 0.3 is 0 Å². The number of hydrogen-bond donors (Lipinski definition) is 3. The van der Waals surface area contributed by atoms with Crippen molar-refractivity contribution in [3.63, 3.8) is 0 Å². The number of carbonyl (C=O) groups excluding carboxylic acids is 1. The van der Waals surface area contributed by atoms with E-state index in [4.69, 9.17) is 16.6 Å². The van der Waals surface area contributed by atoms with Gasteiger partial charge in [0, 0.05) is 39.5 Å². The van der Waals surface area contributed by atoms with E-state index in [0.29, 0.717) is 16.5 Å². The number of para-hydroxylation sites is 1. The van der Waals surface area contributed by atoms with Crippen LogP contribution in [0.5, 0.6) is 0 Å². The zero-order chi connectivity index (χ0) is 25.8. The molecule has 7 heteroatoms. The van der Waals surface area contributed by atoms with Crippen molar-refractivity contribution in [1.29, 1.82) is 0 Å². The summed E-state index contributed by atoms with van der Waals surface area (Å²) in [6.45, 7) is 2.72. The molecule has 0 aliphatic rings. The van der Waals surface area contributed by atoms with Gasteiger partial charge in [-0.3, -0.25) is 4.79 Å². The summed E-state index contributed by atoms with van der Waals surface area (Å²) in [5.74, 6) is 0.307. The van der Waals surface area contributed by atoms with E-state index < -0.39 is 0 Å². The lowest BCUT2D eigenvalue weighted by Crippen LogP contribution is -2.13. The summed E-state index contributed by atoms with van der Waals surface area (Å²) in [6, 6.07) is 28.8. The molecule has 4 aromatic carbocycles. The molecule has 5 rings (SSSR count). The first kappa shape index (κ1) is 24.4. The molecule has 6 nitrogen and oxygen atoms in total. The summed E-state index contributed by atoms with van der Waals surface area (Å²) in [7, 11) is 1.90. The Morgan fingerprint density at radius 1 is 0.892 bits per heavy atom. The van der Waals surface area contributed by atoms with Gasteiger partial charge in [-0.15, -0.1) is 0 Å². The maximum absolute atomic E-state index is 12.9. The second-order valence-corrected chi connectivity index (χ2v) is 9.19. The normalized spacial score (nSPS) is 10.9. The molecule has 0 radical (unpaired) electrons. The molecule has 0 saturated heterocycles. The minimum atomic E-state index is -0.164. The van der Waals surface area contributed by atoms with Crippen LogP contribution in [0.25, 0.3) is 22.2 Å². The quantitative estimate of drug-likeness (QED) is 0.221. The third-order valence-corrected chi connectivity index (χ3v) is 6.31. The van der Waals surface area contributed by atoms with E-state index >= 15 is 0 Å². The molecular formula is C30H26ClN5O. The predicted molar refractivity (Wildman–Crippen MR) is 152 cm³/mol. The average molecular weight is 508 g/mol. The van der Waals surface area contributed by atoms with E-state index in [-0.39, 0.29) is 5.91 Å². The molecule has 3 N–H and O–H groups in total. The van der Waals surface area contributed by atoms with Crippen LogP contribution in [0.4, 0.5) is 17.3 Å². The molecule has 0 aliphatic carbocycles. The van der Waals surface area contributed by atoms with Gasteiger partial charge in [-0.25, -0.2) is 9.97 Å². The molecule has 184 valence electrons. The first-order valence-electron chi connectivity index (χ1n) is 12.0. The number of anilines is 3. The van der Waals surface area contributed by atoms with Gasteiger partial charge in [0.25, 0.3) is 5.91 Å². The van der Waals surface area contributed by atoms with Gasteiger partial charge in [0.05, 0.1) is 11.2 Å². The molecule has 0 unspecified atom stereocenters. The molecule has 1 heterocycles. The van der Waals surface area contributed by atoms with Gasteiger partial charge < -0.3 is 16.0 Å². The number of halogens is 1. The average Bonchev–Trinajstić information content (AvgIpc) is 2.91. The molecule has 37 heavy (non-hydrogen) atoms. The fraction of sp³-hybridized carbons (Fsp3) is 0.100. The Morgan fingerprint density at radius 3 is 2.41 bits per heavy atom. The van der Waals surface area contributed by atoms with Crippen LogP contribution in [-0.4, -0.2) is 22.9 Å². The summed E-state index contributed by atoms with van der Waals surface area (Å²) in [6.07, 6.45) is 0. The van der Waals surface area contributed by atoms with Crippen molar-refractivity contribution in [1.82, 2.24) is 15.3 Å². The summed E-state index contributed by atoms with van der Waals surface area (Å²) >= 11 is 6.09. The van der Waals surface area contributed by atoms with Gasteiger partial charge in [-0.2, -0.15) is 0 Å². The topological polar surface area (TPSA) is 78.9 Å². The minimum Gasteiger partial charge on any atom is -0.324 e. The molecule has 1 aromatic heterocycles. The van der Waals surface area contributed by atoms with E-state index in [1.165, 1.54) is 0 Å². The maximum Gasteiger partial charge on any atom is 0.255 e. The van der Waals surface area contributed by atoms with E-state index in [1.807, 2.05) is 86.8 Å². The van der Waals surface area contributed by atoms with Crippen molar-refractivity contribution in [2.75, 3.05) is 17.7 Å². The number of amides is 1. The monoisotopic (exact) mass is 507 g/mol. The summed E-state index contributed by atoms with van der Waals surface area (Å²) in [4.78, 5) is 22.4. The number of nitrogens with one attached hydrogen (secondary N) is 3. The van der Waals surface area contributed by atoms with Crippen LogP contribution in [0.15, 0.2) is 91.0 Å². The molecule has 0 aliphatic heterocycles. The molecule has 0 saturated carbocycles. The fourth-order valence-corrected chi connectivity index (χ4v) is 4.23. The van der Waals surface area contributed by atoms with Gasteiger partial charge in [-0.1, -0.05) is 54.1 Å². The number of nitrogens with zero attached hydrogens (tertiary/aromatic N) is 2. The number of aryl methyl sites for hydroxylation is 1. The first-order chi connectivity index (χ1) is 18.0. The number of fused-ring (bicyclic) bond motifs is 1. The highest BCUT2D eigenvalue weighted by molar-refractivity contribution is 6.30. The van der Waals surface area contributed by atoms with Crippen molar-refractivity contribution in [2.24, 2.45) is 0 Å². The summed E-state index contributed by atoms with van der Waals surface area (Å²) < 4.78 is 0. The third-order valence-electron chi connectivity index (χ3n) is 6.06. The van der Waals surface area contributed by atoms with Crippen LogP contribution in [0.1, 0.15) is 21.5 Å². The largest absolute Gasteiger partial charge is 0.324 e. The van der Waals surface area contributed by atoms with Crippen LogP contribution >= 0.6 is 11.6 Å². The minimum absolute atomic E-state index is 0.164. The van der Waals surface area contributed by atoms with Crippen molar-refractivity contribution < 1.29 is 4.79 Å². The summed E-state index contributed by atoms with van der Waals surface area (Å²) in [5, 5.41) is 11.1. The first-order valence-corrected chi connectivity index (χ1v) is 12.3. The lowest BCUT2D eigenvalue weighted by Gasteiger charge is -2.12. The highest BCUT2D eigenvalue weighted by Gasteiger charge is 2.12. The van der Waals surface area contributed by atoms with Gasteiger partial charge in [0.15, 0.2) is 0 Å². The van der Waals surface area contributed by atoms with E-state index in [0.717, 1.165) is 51.2 Å². The van der Waals surface area contributed by atoms with Crippen LogP contribution in [0.2, 0.25) is 5.02 Å². The molecular weight excluding hydrogens is 482 g/mol. The number of aromatic nitrogens is 2. The second-order valence-electron chi connectivity index (χ2n) is 8.76. The Bertz CT molecular complexity index is 1570. The Hall–Kier alpha value is -4.26. The SMILES string of the molecule is CNCc1ccc(C)c(NC(=O)c2ccc(Nc3nc(-c4ccc(Cl)cc4)c4ccccc4n3)cc2)c1. The highest BCUT2D eigenvalue weighted by atomic mass is 35.5. The van der Waals surface area contributed by atoms with Crippen molar-refractivity contribution in [3.8, 4) is 11.3 Å². The molecule has 0 spiro atoms.